The molecule has 1 aromatic rings. The van der Waals surface area contributed by atoms with Gasteiger partial charge in [-0.2, -0.15) is 8.78 Å². The molecule has 0 aliphatic heterocycles. The number of nitrogens with zero attached hydrogens (tertiary/aromatic N) is 1. The van der Waals surface area contributed by atoms with Crippen molar-refractivity contribution in [3.63, 3.8) is 0 Å². The second-order valence-corrected chi connectivity index (χ2v) is 2.29. The molecule has 1 rings (SSSR count). The maximum atomic E-state index is 12.1. The number of carbonyl (C=O) groups excluding carboxylic acids is 1. The zero-order valence-corrected chi connectivity index (χ0v) is 7.14. The predicted octanol–water partition coefficient (Wildman–Crippen LogP) is -2.67. The van der Waals surface area contributed by atoms with Gasteiger partial charge in [-0.15, -0.1) is 0 Å². The van der Waals surface area contributed by atoms with Crippen LogP contribution in [0.5, 0.6) is 0 Å². The Balaban J connectivity index is 0.00000144. The molecule has 0 unspecified atom stereocenters. The fraction of sp³-hybridized carbons (Fsp3) is 0.200. The minimum atomic E-state index is -3.80. The van der Waals surface area contributed by atoms with Gasteiger partial charge >= 0.3 is 24.2 Å². The molecule has 1 aromatic heterocycles. The van der Waals surface area contributed by atoms with Crippen molar-refractivity contribution in [3.8, 4) is 0 Å². The van der Waals surface area contributed by atoms with E-state index in [1.807, 2.05) is 0 Å². The van der Waals surface area contributed by atoms with E-state index in [9.17, 15) is 18.7 Å². The van der Waals surface area contributed by atoms with Gasteiger partial charge in [0.15, 0.2) is 5.76 Å². The standard InChI is InChI=1S/C5H2ClF2NO3.Li/c6-5(7,8)4-9-1-2(12-4)3(10)11;/h1H,(H,10,11);/q;+1/p-1. The Morgan fingerprint density at radius 3 is 2.46 bits per heavy atom. The first-order valence-corrected chi connectivity index (χ1v) is 3.03. The van der Waals surface area contributed by atoms with E-state index in [1.165, 1.54) is 0 Å². The number of carboxylic acid groups (broad SMARTS) is 1. The molecule has 0 atom stereocenters. The monoisotopic (exact) mass is 203 g/mol. The van der Waals surface area contributed by atoms with E-state index in [-0.39, 0.29) is 18.9 Å². The second kappa shape index (κ2) is 4.09. The second-order valence-electron chi connectivity index (χ2n) is 1.81. The van der Waals surface area contributed by atoms with Gasteiger partial charge in [0.1, 0.15) is 5.97 Å². The topological polar surface area (TPSA) is 66.2 Å². The quantitative estimate of drug-likeness (QED) is 0.388. The first-order chi connectivity index (χ1) is 5.41. The summed E-state index contributed by atoms with van der Waals surface area (Å²) in [6.07, 6.45) is 0.598. The zero-order chi connectivity index (χ0) is 9.35. The third kappa shape index (κ3) is 2.99. The number of rotatable bonds is 2. The number of alkyl halides is 3. The van der Waals surface area contributed by atoms with Crippen LogP contribution in [0.25, 0.3) is 0 Å². The minimum absolute atomic E-state index is 0. The smallest absolute Gasteiger partial charge is 0.541 e. The van der Waals surface area contributed by atoms with E-state index < -0.39 is 23.0 Å². The normalized spacial score (nSPS) is 10.7. The summed E-state index contributed by atoms with van der Waals surface area (Å²) < 4.78 is 28.3. The summed E-state index contributed by atoms with van der Waals surface area (Å²) in [4.78, 5) is 12.9. The van der Waals surface area contributed by atoms with Gasteiger partial charge in [0.2, 0.25) is 0 Å². The van der Waals surface area contributed by atoms with Crippen LogP contribution in [-0.4, -0.2) is 11.0 Å². The molecule has 0 aliphatic carbocycles. The molecular formula is C5HClF2LiNO3. The van der Waals surface area contributed by atoms with Crippen LogP contribution >= 0.6 is 11.6 Å². The zero-order valence-electron chi connectivity index (χ0n) is 6.38. The average molecular weight is 203 g/mol. The van der Waals surface area contributed by atoms with Crippen LogP contribution in [0, 0.1) is 0 Å². The van der Waals surface area contributed by atoms with Crippen molar-refractivity contribution in [3.05, 3.63) is 17.8 Å². The van der Waals surface area contributed by atoms with Crippen LogP contribution in [0.15, 0.2) is 10.6 Å². The van der Waals surface area contributed by atoms with E-state index >= 15 is 0 Å². The van der Waals surface area contributed by atoms with Crippen LogP contribution < -0.4 is 24.0 Å². The number of hydrogen-bond acceptors (Lipinski definition) is 4. The van der Waals surface area contributed by atoms with Gasteiger partial charge in [0, 0.05) is 0 Å². The summed E-state index contributed by atoms with van der Waals surface area (Å²) in [5, 5.41) is 6.21. The third-order valence-corrected chi connectivity index (χ3v) is 1.11. The summed E-state index contributed by atoms with van der Waals surface area (Å²) in [6, 6.07) is 0. The number of aromatic carboxylic acids is 1. The maximum Gasteiger partial charge on any atom is 1.00 e. The Morgan fingerprint density at radius 1 is 1.69 bits per heavy atom. The molecule has 4 nitrogen and oxygen atoms in total. The summed E-state index contributed by atoms with van der Waals surface area (Å²) in [7, 11) is 0. The number of carboxylic acids is 1. The van der Waals surface area contributed by atoms with E-state index in [4.69, 9.17) is 0 Å². The van der Waals surface area contributed by atoms with Crippen molar-refractivity contribution in [2.24, 2.45) is 0 Å². The molecule has 0 bridgehead atoms. The summed E-state index contributed by atoms with van der Waals surface area (Å²) in [5.74, 6) is -3.68. The fourth-order valence-corrected chi connectivity index (χ4v) is 0.587. The van der Waals surface area contributed by atoms with Crippen molar-refractivity contribution in [2.75, 3.05) is 0 Å². The van der Waals surface area contributed by atoms with Crippen molar-refractivity contribution < 1.29 is 42.0 Å². The Kier molecular flexibility index (Phi) is 3.91. The van der Waals surface area contributed by atoms with E-state index in [2.05, 4.69) is 21.0 Å². The van der Waals surface area contributed by atoms with Gasteiger partial charge in [0.05, 0.1) is 6.20 Å². The van der Waals surface area contributed by atoms with Crippen LogP contribution in [0.3, 0.4) is 0 Å². The molecule has 0 N–H and O–H groups in total. The first-order valence-electron chi connectivity index (χ1n) is 2.65. The molecule has 0 amide bonds. The van der Waals surface area contributed by atoms with Crippen LogP contribution in [0.1, 0.15) is 16.4 Å². The number of oxazole rings is 1. The third-order valence-electron chi connectivity index (χ3n) is 0.949. The summed E-state index contributed by atoms with van der Waals surface area (Å²) >= 11 is 4.47. The van der Waals surface area contributed by atoms with E-state index in [0.29, 0.717) is 6.20 Å². The number of carbonyl (C=O) groups is 1. The van der Waals surface area contributed by atoms with Gasteiger partial charge in [-0.05, 0) is 11.6 Å². The molecule has 0 saturated heterocycles. The molecule has 0 spiro atoms. The molecule has 66 valence electrons. The van der Waals surface area contributed by atoms with Gasteiger partial charge in [-0.3, -0.25) is 0 Å². The van der Waals surface area contributed by atoms with Crippen LogP contribution in [0.4, 0.5) is 8.78 Å². The van der Waals surface area contributed by atoms with Crippen molar-refractivity contribution in [1.82, 2.24) is 4.98 Å². The Bertz CT molecular complexity index is 311. The maximum absolute atomic E-state index is 12.1. The van der Waals surface area contributed by atoms with E-state index in [0.717, 1.165) is 0 Å². The number of hydrogen-bond donors (Lipinski definition) is 0. The molecular weight excluding hydrogens is 202 g/mol. The molecule has 13 heavy (non-hydrogen) atoms. The van der Waals surface area contributed by atoms with Gasteiger partial charge < -0.3 is 14.3 Å². The van der Waals surface area contributed by atoms with Crippen molar-refractivity contribution in [2.45, 2.75) is 5.38 Å². The van der Waals surface area contributed by atoms with Gasteiger partial charge in [-0.1, -0.05) is 0 Å². The predicted molar refractivity (Wildman–Crippen MR) is 30.6 cm³/mol. The number of aromatic nitrogens is 1. The largest absolute Gasteiger partial charge is 1.00 e. The average Bonchev–Trinajstić information content (AvgIpc) is 2.30. The Labute approximate surface area is 88.1 Å². The SMILES string of the molecule is O=C([O-])c1cnc(C(F)(F)Cl)o1.[Li+]. The molecule has 8 heteroatoms. The van der Waals surface area contributed by atoms with Crippen LogP contribution in [-0.2, 0) is 5.38 Å². The summed E-state index contributed by atoms with van der Waals surface area (Å²) in [6.45, 7) is 0. The fourth-order valence-electron chi connectivity index (χ4n) is 0.500. The van der Waals surface area contributed by atoms with E-state index in [1.54, 1.807) is 0 Å². The molecule has 0 radical (unpaired) electrons. The molecule has 0 fully saturated rings. The first kappa shape index (κ1) is 12.4. The summed E-state index contributed by atoms with van der Waals surface area (Å²) in [5.41, 5.74) is 0. The molecule has 0 saturated carbocycles. The van der Waals surface area contributed by atoms with Crippen molar-refractivity contribution in [1.29, 1.82) is 0 Å². The molecule has 0 aliphatic rings. The Hall–Kier alpha value is -0.573. The molecule has 0 aromatic carbocycles. The van der Waals surface area contributed by atoms with Crippen LogP contribution in [0.2, 0.25) is 0 Å². The van der Waals surface area contributed by atoms with Gasteiger partial charge in [-0.25, -0.2) is 4.98 Å². The minimum Gasteiger partial charge on any atom is -0.541 e. The number of halogens is 3. The molecule has 1 heterocycles. The van der Waals surface area contributed by atoms with Crippen molar-refractivity contribution >= 4 is 17.6 Å². The van der Waals surface area contributed by atoms with Gasteiger partial charge in [0.25, 0.3) is 5.89 Å². The Morgan fingerprint density at radius 2 is 2.23 bits per heavy atom.